The van der Waals surface area contributed by atoms with Gasteiger partial charge in [-0.25, -0.2) is 0 Å². The normalized spacial score (nSPS) is 10.3. The van der Waals surface area contributed by atoms with Gasteiger partial charge in [-0.1, -0.05) is 29.8 Å². The summed E-state index contributed by atoms with van der Waals surface area (Å²) in [4.78, 5) is 14.2. The summed E-state index contributed by atoms with van der Waals surface area (Å²) >= 11 is 0. The van der Waals surface area contributed by atoms with Crippen LogP contribution in [-0.2, 0) is 11.2 Å². The summed E-state index contributed by atoms with van der Waals surface area (Å²) in [7, 11) is 3.91. The number of aryl methyl sites for hydroxylation is 1. The predicted octanol–water partition coefficient (Wildman–Crippen LogP) is 3.78. The molecule has 0 unspecified atom stereocenters. The van der Waals surface area contributed by atoms with Gasteiger partial charge in [-0.15, -0.1) is 5.10 Å². The standard InChI is InChI=1S/C21H23N5O/c1-15-5-4-6-16(11-15)12-21(27)24-18-9-7-17(8-10-18)23-20-13-19(26(2)3)14-22-25-20/h4-11,13-14H,12H2,1-3H3,(H,23,25)(H,24,27). The molecule has 2 aromatic carbocycles. The van der Waals surface area contributed by atoms with Crippen molar-refractivity contribution in [1.82, 2.24) is 10.2 Å². The Morgan fingerprint density at radius 1 is 1.04 bits per heavy atom. The van der Waals surface area contributed by atoms with Crippen LogP contribution in [0, 0.1) is 6.92 Å². The number of hydrogen-bond donors (Lipinski definition) is 2. The van der Waals surface area contributed by atoms with Gasteiger partial charge in [0.05, 0.1) is 18.3 Å². The highest BCUT2D eigenvalue weighted by Crippen LogP contribution is 2.20. The van der Waals surface area contributed by atoms with Crippen molar-refractivity contribution in [3.63, 3.8) is 0 Å². The van der Waals surface area contributed by atoms with E-state index in [1.807, 2.05) is 80.5 Å². The summed E-state index contributed by atoms with van der Waals surface area (Å²) in [5.41, 5.74) is 4.75. The lowest BCUT2D eigenvalue weighted by Gasteiger charge is -2.13. The third-order valence-electron chi connectivity index (χ3n) is 4.04. The van der Waals surface area contributed by atoms with Crippen molar-refractivity contribution < 1.29 is 4.79 Å². The van der Waals surface area contributed by atoms with E-state index >= 15 is 0 Å². The Morgan fingerprint density at radius 2 is 1.78 bits per heavy atom. The highest BCUT2D eigenvalue weighted by atomic mass is 16.1. The van der Waals surface area contributed by atoms with Crippen molar-refractivity contribution in [1.29, 1.82) is 0 Å². The first-order chi connectivity index (χ1) is 13.0. The molecule has 2 N–H and O–H groups in total. The molecule has 6 nitrogen and oxygen atoms in total. The predicted molar refractivity (Wildman–Crippen MR) is 110 cm³/mol. The van der Waals surface area contributed by atoms with Crippen molar-refractivity contribution in [2.75, 3.05) is 29.6 Å². The molecule has 0 radical (unpaired) electrons. The third kappa shape index (κ3) is 5.28. The van der Waals surface area contributed by atoms with Crippen LogP contribution < -0.4 is 15.5 Å². The van der Waals surface area contributed by atoms with Crippen LogP contribution in [0.25, 0.3) is 0 Å². The molecule has 3 aromatic rings. The number of amides is 1. The molecular weight excluding hydrogens is 338 g/mol. The monoisotopic (exact) mass is 361 g/mol. The Bertz CT molecular complexity index is 922. The smallest absolute Gasteiger partial charge is 0.228 e. The molecule has 0 spiro atoms. The van der Waals surface area contributed by atoms with E-state index in [-0.39, 0.29) is 5.91 Å². The summed E-state index contributed by atoms with van der Waals surface area (Å²) in [5.74, 6) is 0.628. The molecule has 0 saturated carbocycles. The second-order valence-electron chi connectivity index (χ2n) is 6.61. The second kappa shape index (κ2) is 8.31. The van der Waals surface area contributed by atoms with E-state index in [0.29, 0.717) is 12.2 Å². The SMILES string of the molecule is Cc1cccc(CC(=O)Nc2ccc(Nc3cc(N(C)C)cnn3)cc2)c1. The Morgan fingerprint density at radius 3 is 2.48 bits per heavy atom. The van der Waals surface area contributed by atoms with E-state index < -0.39 is 0 Å². The fourth-order valence-corrected chi connectivity index (χ4v) is 2.66. The zero-order valence-corrected chi connectivity index (χ0v) is 15.7. The lowest BCUT2D eigenvalue weighted by molar-refractivity contribution is -0.115. The molecule has 27 heavy (non-hydrogen) atoms. The number of hydrogen-bond acceptors (Lipinski definition) is 5. The van der Waals surface area contributed by atoms with Crippen molar-refractivity contribution in [3.05, 3.63) is 71.9 Å². The molecule has 0 saturated heterocycles. The lowest BCUT2D eigenvalue weighted by atomic mass is 10.1. The molecule has 3 rings (SSSR count). The van der Waals surface area contributed by atoms with Gasteiger partial charge < -0.3 is 15.5 Å². The summed E-state index contributed by atoms with van der Waals surface area (Å²) in [5, 5.41) is 14.2. The van der Waals surface area contributed by atoms with Gasteiger partial charge in [0.1, 0.15) is 0 Å². The van der Waals surface area contributed by atoms with Crippen molar-refractivity contribution in [2.24, 2.45) is 0 Å². The first-order valence-electron chi connectivity index (χ1n) is 8.72. The van der Waals surface area contributed by atoms with Crippen LogP contribution in [0.5, 0.6) is 0 Å². The van der Waals surface area contributed by atoms with Gasteiger partial charge in [0.2, 0.25) is 5.91 Å². The van der Waals surface area contributed by atoms with Crippen LogP contribution in [0.4, 0.5) is 22.9 Å². The first kappa shape index (κ1) is 18.4. The van der Waals surface area contributed by atoms with E-state index in [9.17, 15) is 4.79 Å². The van der Waals surface area contributed by atoms with E-state index in [0.717, 1.165) is 28.2 Å². The Kier molecular flexibility index (Phi) is 5.66. The van der Waals surface area contributed by atoms with Gasteiger partial charge in [-0.2, -0.15) is 5.10 Å². The molecule has 6 heteroatoms. The fraction of sp³-hybridized carbons (Fsp3) is 0.190. The molecule has 0 aliphatic rings. The third-order valence-corrected chi connectivity index (χ3v) is 4.04. The minimum Gasteiger partial charge on any atom is -0.376 e. The van der Waals surface area contributed by atoms with Crippen LogP contribution in [-0.4, -0.2) is 30.2 Å². The summed E-state index contributed by atoms with van der Waals surface area (Å²) in [6.07, 6.45) is 2.06. The number of aromatic nitrogens is 2. The Balaban J connectivity index is 1.60. The van der Waals surface area contributed by atoms with Gasteiger partial charge in [0.25, 0.3) is 0 Å². The number of anilines is 4. The summed E-state index contributed by atoms with van der Waals surface area (Å²) in [6.45, 7) is 2.02. The number of rotatable bonds is 6. The quantitative estimate of drug-likeness (QED) is 0.699. The number of benzene rings is 2. The number of nitrogens with one attached hydrogen (secondary N) is 2. The highest BCUT2D eigenvalue weighted by molar-refractivity contribution is 5.92. The molecule has 1 heterocycles. The van der Waals surface area contributed by atoms with E-state index in [1.54, 1.807) is 6.20 Å². The van der Waals surface area contributed by atoms with Crippen LogP contribution in [0.3, 0.4) is 0 Å². The average molecular weight is 361 g/mol. The van der Waals surface area contributed by atoms with Gasteiger partial charge in [0, 0.05) is 31.5 Å². The largest absolute Gasteiger partial charge is 0.376 e. The van der Waals surface area contributed by atoms with E-state index in [1.165, 1.54) is 0 Å². The van der Waals surface area contributed by atoms with Crippen molar-refractivity contribution in [3.8, 4) is 0 Å². The van der Waals surface area contributed by atoms with Crippen LogP contribution in [0.15, 0.2) is 60.8 Å². The zero-order valence-electron chi connectivity index (χ0n) is 15.7. The van der Waals surface area contributed by atoms with Crippen LogP contribution in [0.2, 0.25) is 0 Å². The Labute approximate surface area is 159 Å². The molecule has 1 aromatic heterocycles. The topological polar surface area (TPSA) is 70.2 Å². The summed E-state index contributed by atoms with van der Waals surface area (Å²) < 4.78 is 0. The van der Waals surface area contributed by atoms with Crippen LogP contribution in [0.1, 0.15) is 11.1 Å². The van der Waals surface area contributed by atoms with E-state index in [4.69, 9.17) is 0 Å². The molecule has 0 atom stereocenters. The molecule has 0 aliphatic carbocycles. The molecule has 138 valence electrons. The second-order valence-corrected chi connectivity index (χ2v) is 6.61. The molecular formula is C21H23N5O. The van der Waals surface area contributed by atoms with Crippen molar-refractivity contribution in [2.45, 2.75) is 13.3 Å². The minimum absolute atomic E-state index is 0.0362. The molecule has 0 fully saturated rings. The first-order valence-corrected chi connectivity index (χ1v) is 8.72. The maximum atomic E-state index is 12.2. The zero-order chi connectivity index (χ0) is 19.2. The summed E-state index contributed by atoms with van der Waals surface area (Å²) in [6, 6.07) is 17.4. The van der Waals surface area contributed by atoms with Gasteiger partial charge in [-0.3, -0.25) is 4.79 Å². The number of carbonyl (C=O) groups excluding carboxylic acids is 1. The van der Waals surface area contributed by atoms with E-state index in [2.05, 4.69) is 20.8 Å². The van der Waals surface area contributed by atoms with Crippen molar-refractivity contribution >= 4 is 28.8 Å². The van der Waals surface area contributed by atoms with Crippen LogP contribution >= 0.6 is 0 Å². The highest BCUT2D eigenvalue weighted by Gasteiger charge is 2.05. The lowest BCUT2D eigenvalue weighted by Crippen LogP contribution is -2.14. The van der Waals surface area contributed by atoms with Gasteiger partial charge in [0.15, 0.2) is 5.82 Å². The minimum atomic E-state index is -0.0362. The molecule has 0 aliphatic heterocycles. The maximum Gasteiger partial charge on any atom is 0.228 e. The number of carbonyl (C=O) groups is 1. The Hall–Kier alpha value is -3.41. The fourth-order valence-electron chi connectivity index (χ4n) is 2.66. The van der Waals surface area contributed by atoms with Gasteiger partial charge >= 0.3 is 0 Å². The van der Waals surface area contributed by atoms with Gasteiger partial charge in [-0.05, 0) is 36.8 Å². The maximum absolute atomic E-state index is 12.2. The number of nitrogens with zero attached hydrogens (tertiary/aromatic N) is 3. The average Bonchev–Trinajstić information content (AvgIpc) is 2.63. The molecule has 0 bridgehead atoms. The molecule has 1 amide bonds.